The Morgan fingerprint density at radius 2 is 2.18 bits per heavy atom. The molecule has 0 amide bonds. The minimum Gasteiger partial charge on any atom is -0.388 e. The first-order chi connectivity index (χ1) is 8.16. The van der Waals surface area contributed by atoms with Crippen LogP contribution in [0.25, 0.3) is 0 Å². The van der Waals surface area contributed by atoms with Crippen molar-refractivity contribution in [1.29, 1.82) is 0 Å². The van der Waals surface area contributed by atoms with Crippen molar-refractivity contribution in [3.05, 3.63) is 53.3 Å². The van der Waals surface area contributed by atoms with Gasteiger partial charge >= 0.3 is 0 Å². The lowest BCUT2D eigenvalue weighted by atomic mass is 10.0. The van der Waals surface area contributed by atoms with Crippen LogP contribution in [0.4, 0.5) is 0 Å². The van der Waals surface area contributed by atoms with E-state index in [2.05, 4.69) is 5.10 Å². The summed E-state index contributed by atoms with van der Waals surface area (Å²) in [5, 5.41) is 14.2. The molecule has 0 radical (unpaired) electrons. The Bertz CT molecular complexity index is 490. The number of hydrogen-bond donors (Lipinski definition) is 1. The van der Waals surface area contributed by atoms with Gasteiger partial charge in [-0.1, -0.05) is 29.8 Å². The molecule has 2 rings (SSSR count). The van der Waals surface area contributed by atoms with Crippen LogP contribution in [-0.4, -0.2) is 14.9 Å². The number of nitrogens with zero attached hydrogens (tertiary/aromatic N) is 2. The van der Waals surface area contributed by atoms with E-state index >= 15 is 0 Å². The number of aliphatic hydroxyl groups excluding tert-OH is 1. The molecule has 0 aliphatic rings. The highest BCUT2D eigenvalue weighted by Crippen LogP contribution is 2.19. The monoisotopic (exact) mass is 230 g/mol. The van der Waals surface area contributed by atoms with E-state index in [0.29, 0.717) is 0 Å². The zero-order chi connectivity index (χ0) is 12.3. The molecule has 0 fully saturated rings. The summed E-state index contributed by atoms with van der Waals surface area (Å²) in [6.45, 7) is 2.04. The molecular formula is C14H18N2O. The van der Waals surface area contributed by atoms with E-state index in [9.17, 15) is 5.11 Å². The van der Waals surface area contributed by atoms with Crippen LogP contribution in [0.1, 0.15) is 29.3 Å². The fraction of sp³-hybridized carbons (Fsp3) is 0.357. The normalized spacial score (nSPS) is 12.6. The molecule has 90 valence electrons. The van der Waals surface area contributed by atoms with E-state index in [0.717, 1.165) is 24.1 Å². The molecule has 1 unspecified atom stereocenters. The fourth-order valence-corrected chi connectivity index (χ4v) is 1.98. The molecule has 1 atom stereocenters. The van der Waals surface area contributed by atoms with Gasteiger partial charge in [0.25, 0.3) is 0 Å². The Labute approximate surface area is 102 Å². The predicted octanol–water partition coefficient (Wildman–Crippen LogP) is 2.39. The van der Waals surface area contributed by atoms with Crippen molar-refractivity contribution in [3.8, 4) is 0 Å². The van der Waals surface area contributed by atoms with Crippen molar-refractivity contribution in [2.24, 2.45) is 7.05 Å². The first kappa shape index (κ1) is 11.9. The highest BCUT2D eigenvalue weighted by molar-refractivity contribution is 5.24. The van der Waals surface area contributed by atoms with E-state index in [1.165, 1.54) is 5.56 Å². The van der Waals surface area contributed by atoms with E-state index in [4.69, 9.17) is 0 Å². The number of aryl methyl sites for hydroxylation is 3. The number of aromatic nitrogens is 2. The molecule has 1 heterocycles. The third kappa shape index (κ3) is 2.94. The summed E-state index contributed by atoms with van der Waals surface area (Å²) in [4.78, 5) is 0. The van der Waals surface area contributed by atoms with Crippen LogP contribution >= 0.6 is 0 Å². The van der Waals surface area contributed by atoms with Crippen molar-refractivity contribution in [1.82, 2.24) is 9.78 Å². The Hall–Kier alpha value is -1.61. The summed E-state index contributed by atoms with van der Waals surface area (Å²) in [6, 6.07) is 10.0. The predicted molar refractivity (Wildman–Crippen MR) is 67.7 cm³/mol. The van der Waals surface area contributed by atoms with Gasteiger partial charge in [0.15, 0.2) is 0 Å². The van der Waals surface area contributed by atoms with Crippen molar-refractivity contribution < 1.29 is 5.11 Å². The molecule has 1 aromatic carbocycles. The van der Waals surface area contributed by atoms with Crippen LogP contribution < -0.4 is 0 Å². The summed E-state index contributed by atoms with van der Waals surface area (Å²) in [5.41, 5.74) is 3.32. The second kappa shape index (κ2) is 5.15. The van der Waals surface area contributed by atoms with E-state index in [-0.39, 0.29) is 0 Å². The lowest BCUT2D eigenvalue weighted by Crippen LogP contribution is -2.03. The fourth-order valence-electron chi connectivity index (χ4n) is 1.98. The maximum absolute atomic E-state index is 10.1. The van der Waals surface area contributed by atoms with Crippen molar-refractivity contribution in [2.75, 3.05) is 0 Å². The van der Waals surface area contributed by atoms with Crippen LogP contribution in [-0.2, 0) is 13.5 Å². The number of aliphatic hydroxyl groups is 1. The van der Waals surface area contributed by atoms with Crippen molar-refractivity contribution in [2.45, 2.75) is 25.9 Å². The van der Waals surface area contributed by atoms with Gasteiger partial charge in [-0.3, -0.25) is 4.68 Å². The van der Waals surface area contributed by atoms with Crippen LogP contribution in [0.2, 0.25) is 0 Å². The lowest BCUT2D eigenvalue weighted by Gasteiger charge is -2.11. The number of hydrogen-bond acceptors (Lipinski definition) is 2. The zero-order valence-corrected chi connectivity index (χ0v) is 10.3. The second-order valence-electron chi connectivity index (χ2n) is 4.41. The van der Waals surface area contributed by atoms with E-state index < -0.39 is 6.10 Å². The topological polar surface area (TPSA) is 38.1 Å². The van der Waals surface area contributed by atoms with E-state index in [1.54, 1.807) is 6.20 Å². The van der Waals surface area contributed by atoms with Crippen LogP contribution in [0.15, 0.2) is 36.5 Å². The Balaban J connectivity index is 1.98. The maximum atomic E-state index is 10.1. The van der Waals surface area contributed by atoms with Crippen molar-refractivity contribution >= 4 is 0 Å². The standard InChI is InChI=1S/C14H18N2O/c1-11-4-3-5-12(10-11)14(17)7-6-13-8-9-15-16(13)2/h3-5,8-10,14,17H,6-7H2,1-2H3. The molecule has 2 aromatic rings. The largest absolute Gasteiger partial charge is 0.388 e. The average molecular weight is 230 g/mol. The van der Waals surface area contributed by atoms with Gasteiger partial charge in [-0.2, -0.15) is 5.10 Å². The smallest absolute Gasteiger partial charge is 0.0793 e. The van der Waals surface area contributed by atoms with Gasteiger partial charge in [0, 0.05) is 18.9 Å². The lowest BCUT2D eigenvalue weighted by molar-refractivity contribution is 0.167. The van der Waals surface area contributed by atoms with Gasteiger partial charge in [-0.05, 0) is 31.4 Å². The highest BCUT2D eigenvalue weighted by atomic mass is 16.3. The first-order valence-electron chi connectivity index (χ1n) is 5.88. The van der Waals surface area contributed by atoms with Gasteiger partial charge in [0.05, 0.1) is 6.10 Å². The quantitative estimate of drug-likeness (QED) is 0.875. The molecule has 0 bridgehead atoms. The SMILES string of the molecule is Cc1cccc(C(O)CCc2ccnn2C)c1. The molecule has 3 heteroatoms. The third-order valence-corrected chi connectivity index (χ3v) is 3.02. The van der Waals surface area contributed by atoms with Crippen LogP contribution in [0, 0.1) is 6.92 Å². The second-order valence-corrected chi connectivity index (χ2v) is 4.41. The molecule has 0 aliphatic carbocycles. The van der Waals surface area contributed by atoms with Gasteiger partial charge in [-0.15, -0.1) is 0 Å². The Kier molecular flexibility index (Phi) is 3.59. The molecule has 1 aromatic heterocycles. The minimum absolute atomic E-state index is 0.398. The van der Waals surface area contributed by atoms with Crippen LogP contribution in [0.5, 0.6) is 0 Å². The number of rotatable bonds is 4. The summed E-state index contributed by atoms with van der Waals surface area (Å²) in [6.07, 6.45) is 2.95. The van der Waals surface area contributed by atoms with Gasteiger partial charge < -0.3 is 5.11 Å². The molecule has 0 saturated heterocycles. The Morgan fingerprint density at radius 1 is 1.35 bits per heavy atom. The molecule has 1 N–H and O–H groups in total. The summed E-state index contributed by atoms with van der Waals surface area (Å²) < 4.78 is 1.85. The minimum atomic E-state index is -0.398. The summed E-state index contributed by atoms with van der Waals surface area (Å²) in [5.74, 6) is 0. The van der Waals surface area contributed by atoms with Gasteiger partial charge in [0.1, 0.15) is 0 Å². The molecule has 0 spiro atoms. The summed E-state index contributed by atoms with van der Waals surface area (Å²) in [7, 11) is 1.92. The zero-order valence-electron chi connectivity index (χ0n) is 10.3. The van der Waals surface area contributed by atoms with Crippen LogP contribution in [0.3, 0.4) is 0 Å². The molecule has 0 saturated carbocycles. The Morgan fingerprint density at radius 3 is 2.82 bits per heavy atom. The molecular weight excluding hydrogens is 212 g/mol. The first-order valence-corrected chi connectivity index (χ1v) is 5.88. The third-order valence-electron chi connectivity index (χ3n) is 3.02. The highest BCUT2D eigenvalue weighted by Gasteiger charge is 2.09. The number of benzene rings is 1. The van der Waals surface area contributed by atoms with Gasteiger partial charge in [-0.25, -0.2) is 0 Å². The summed E-state index contributed by atoms with van der Waals surface area (Å²) >= 11 is 0. The van der Waals surface area contributed by atoms with Crippen molar-refractivity contribution in [3.63, 3.8) is 0 Å². The molecule has 3 nitrogen and oxygen atoms in total. The average Bonchev–Trinajstić information content (AvgIpc) is 2.72. The van der Waals surface area contributed by atoms with Gasteiger partial charge in [0.2, 0.25) is 0 Å². The van der Waals surface area contributed by atoms with E-state index in [1.807, 2.05) is 49.0 Å². The maximum Gasteiger partial charge on any atom is 0.0793 e. The molecule has 0 aliphatic heterocycles. The molecule has 17 heavy (non-hydrogen) atoms.